The number of rotatable bonds is 5. The number of amides is 1. The molecule has 3 aromatic rings. The molecule has 6 nitrogen and oxygen atoms in total. The number of ketones is 1. The fraction of sp³-hybridized carbons (Fsp3) is 0.259. The molecule has 1 N–H and O–H groups in total. The first-order valence-corrected chi connectivity index (χ1v) is 10.8. The predicted molar refractivity (Wildman–Crippen MR) is 125 cm³/mol. The molecule has 33 heavy (non-hydrogen) atoms. The minimum Gasteiger partial charge on any atom is -0.507 e. The van der Waals surface area contributed by atoms with Gasteiger partial charge in [-0.2, -0.15) is 0 Å². The van der Waals surface area contributed by atoms with Crippen molar-refractivity contribution in [2.45, 2.75) is 38.8 Å². The molecule has 1 unspecified atom stereocenters. The van der Waals surface area contributed by atoms with E-state index < -0.39 is 17.7 Å². The van der Waals surface area contributed by atoms with E-state index in [1.165, 1.54) is 18.3 Å². The summed E-state index contributed by atoms with van der Waals surface area (Å²) in [4.78, 5) is 27.7. The van der Waals surface area contributed by atoms with E-state index in [2.05, 4.69) is 20.8 Å². The molecule has 1 fully saturated rings. The van der Waals surface area contributed by atoms with E-state index >= 15 is 0 Å². The molecular formula is C27H27NO5. The summed E-state index contributed by atoms with van der Waals surface area (Å²) in [5, 5.41) is 11.2. The molecule has 1 aliphatic heterocycles. The Labute approximate surface area is 193 Å². The summed E-state index contributed by atoms with van der Waals surface area (Å²) in [6, 6.07) is 17.3. The molecule has 1 atom stereocenters. The van der Waals surface area contributed by atoms with Crippen molar-refractivity contribution in [2.24, 2.45) is 0 Å². The number of ether oxygens (including phenoxy) is 1. The molecule has 1 aromatic heterocycles. The number of benzene rings is 2. The molecule has 2 heterocycles. The monoisotopic (exact) mass is 445 g/mol. The molecule has 0 spiro atoms. The van der Waals surface area contributed by atoms with Crippen molar-refractivity contribution in [1.82, 2.24) is 4.90 Å². The zero-order valence-corrected chi connectivity index (χ0v) is 19.2. The van der Waals surface area contributed by atoms with Crippen molar-refractivity contribution < 1.29 is 23.8 Å². The van der Waals surface area contributed by atoms with Crippen molar-refractivity contribution in [1.29, 1.82) is 0 Å². The van der Waals surface area contributed by atoms with Crippen molar-refractivity contribution in [3.8, 4) is 5.75 Å². The fourth-order valence-corrected chi connectivity index (χ4v) is 4.05. The second-order valence-electron chi connectivity index (χ2n) is 9.11. The van der Waals surface area contributed by atoms with Gasteiger partial charge in [0, 0.05) is 5.56 Å². The molecule has 1 aliphatic rings. The number of Topliss-reactive ketones (excluding diaryl/α,β-unsaturated/α-hetero) is 1. The first kappa shape index (κ1) is 22.4. The molecule has 0 bridgehead atoms. The molecule has 4 rings (SSSR count). The van der Waals surface area contributed by atoms with Gasteiger partial charge >= 0.3 is 0 Å². The average Bonchev–Trinajstić information content (AvgIpc) is 3.40. The van der Waals surface area contributed by atoms with Gasteiger partial charge in [0.25, 0.3) is 11.7 Å². The lowest BCUT2D eigenvalue weighted by Crippen LogP contribution is -2.29. The maximum Gasteiger partial charge on any atom is 0.296 e. The number of aliphatic hydroxyl groups is 1. The summed E-state index contributed by atoms with van der Waals surface area (Å²) >= 11 is 0. The summed E-state index contributed by atoms with van der Waals surface area (Å²) in [6.07, 6.45) is 1.52. The Hall–Kier alpha value is -3.80. The summed E-state index contributed by atoms with van der Waals surface area (Å²) < 4.78 is 10.7. The lowest BCUT2D eigenvalue weighted by Gasteiger charge is -2.26. The van der Waals surface area contributed by atoms with Gasteiger partial charge in [-0.3, -0.25) is 9.59 Å². The van der Waals surface area contributed by atoms with Crippen LogP contribution in [-0.2, 0) is 21.5 Å². The number of carbonyl (C=O) groups excluding carboxylic acids is 2. The van der Waals surface area contributed by atoms with Gasteiger partial charge in [0.1, 0.15) is 17.3 Å². The summed E-state index contributed by atoms with van der Waals surface area (Å²) in [6.45, 7) is 6.47. The third-order valence-electron chi connectivity index (χ3n) is 5.88. The van der Waals surface area contributed by atoms with E-state index in [-0.39, 0.29) is 23.3 Å². The standard InChI is InChI=1S/C27H27NO5/c1-27(2,3)19-12-10-17(11-13-19)23-22(24(29)18-7-5-8-20(15-18)32-4)25(30)26(31)28(23)16-21-9-6-14-33-21/h5-15,23,29H,16H2,1-4H3/b24-22+. The number of likely N-dealkylation sites (tertiary alicyclic amines) is 1. The highest BCUT2D eigenvalue weighted by molar-refractivity contribution is 6.46. The summed E-state index contributed by atoms with van der Waals surface area (Å²) in [5.41, 5.74) is 2.26. The van der Waals surface area contributed by atoms with Crippen molar-refractivity contribution in [2.75, 3.05) is 7.11 Å². The van der Waals surface area contributed by atoms with Crippen molar-refractivity contribution >= 4 is 17.4 Å². The Balaban J connectivity index is 1.86. The number of nitrogens with zero attached hydrogens (tertiary/aromatic N) is 1. The van der Waals surface area contributed by atoms with Crippen LogP contribution in [0.4, 0.5) is 0 Å². The highest BCUT2D eigenvalue weighted by Crippen LogP contribution is 2.41. The topological polar surface area (TPSA) is 80.0 Å². The van der Waals surface area contributed by atoms with E-state index in [0.29, 0.717) is 17.1 Å². The van der Waals surface area contributed by atoms with Gasteiger partial charge < -0.3 is 19.2 Å². The molecule has 6 heteroatoms. The second-order valence-corrected chi connectivity index (χ2v) is 9.11. The zero-order valence-electron chi connectivity index (χ0n) is 19.2. The van der Waals surface area contributed by atoms with E-state index in [0.717, 1.165) is 11.1 Å². The SMILES string of the molecule is COc1cccc(/C(O)=C2\C(=O)C(=O)N(Cc3ccco3)C2c2ccc(C(C)(C)C)cc2)c1. The van der Waals surface area contributed by atoms with Gasteiger partial charge in [-0.05, 0) is 40.8 Å². The summed E-state index contributed by atoms with van der Waals surface area (Å²) in [5.74, 6) is -0.559. The minimum atomic E-state index is -0.754. The number of furan rings is 1. The summed E-state index contributed by atoms with van der Waals surface area (Å²) in [7, 11) is 1.53. The molecule has 0 radical (unpaired) electrons. The van der Waals surface area contributed by atoms with Crippen LogP contribution in [0.15, 0.2) is 76.9 Å². The Morgan fingerprint density at radius 2 is 1.79 bits per heavy atom. The first-order chi connectivity index (χ1) is 15.7. The smallest absolute Gasteiger partial charge is 0.296 e. The van der Waals surface area contributed by atoms with Crippen LogP contribution in [0.2, 0.25) is 0 Å². The first-order valence-electron chi connectivity index (χ1n) is 10.8. The highest BCUT2D eigenvalue weighted by Gasteiger charge is 2.46. The molecule has 1 saturated heterocycles. The predicted octanol–water partition coefficient (Wildman–Crippen LogP) is 5.21. The number of methoxy groups -OCH3 is 1. The third kappa shape index (κ3) is 4.29. The van der Waals surface area contributed by atoms with Crippen LogP contribution in [0.25, 0.3) is 5.76 Å². The van der Waals surface area contributed by atoms with E-state index in [4.69, 9.17) is 9.15 Å². The van der Waals surface area contributed by atoms with E-state index in [1.807, 2.05) is 24.3 Å². The lowest BCUT2D eigenvalue weighted by atomic mass is 9.85. The van der Waals surface area contributed by atoms with Crippen LogP contribution >= 0.6 is 0 Å². The van der Waals surface area contributed by atoms with Gasteiger partial charge in [-0.1, -0.05) is 57.2 Å². The second kappa shape index (κ2) is 8.62. The number of aliphatic hydroxyl groups excluding tert-OH is 1. The van der Waals surface area contributed by atoms with Gasteiger partial charge in [-0.15, -0.1) is 0 Å². The highest BCUT2D eigenvalue weighted by atomic mass is 16.5. The van der Waals surface area contributed by atoms with Gasteiger partial charge in [0.05, 0.1) is 31.5 Å². The quantitative estimate of drug-likeness (QED) is 0.331. The molecule has 2 aromatic carbocycles. The van der Waals surface area contributed by atoms with Crippen LogP contribution in [-0.4, -0.2) is 28.8 Å². The number of carbonyl (C=O) groups is 2. The number of hydrogen-bond acceptors (Lipinski definition) is 5. The Morgan fingerprint density at radius 1 is 1.06 bits per heavy atom. The minimum absolute atomic E-state index is 0.0447. The lowest BCUT2D eigenvalue weighted by molar-refractivity contribution is -0.140. The van der Waals surface area contributed by atoms with Crippen molar-refractivity contribution in [3.05, 3.63) is 95.0 Å². The maximum atomic E-state index is 13.2. The Bertz CT molecular complexity index is 1200. The van der Waals surface area contributed by atoms with Crippen molar-refractivity contribution in [3.63, 3.8) is 0 Å². The Morgan fingerprint density at radius 3 is 2.39 bits per heavy atom. The molecular weight excluding hydrogens is 418 g/mol. The molecule has 0 aliphatic carbocycles. The van der Waals surface area contributed by atoms with Crippen LogP contribution < -0.4 is 4.74 Å². The largest absolute Gasteiger partial charge is 0.507 e. The fourth-order valence-electron chi connectivity index (χ4n) is 4.05. The number of hydrogen-bond donors (Lipinski definition) is 1. The Kier molecular flexibility index (Phi) is 5.85. The van der Waals surface area contributed by atoms with Gasteiger partial charge in [-0.25, -0.2) is 0 Å². The van der Waals surface area contributed by atoms with E-state index in [1.54, 1.807) is 36.4 Å². The zero-order chi connectivity index (χ0) is 23.8. The molecule has 170 valence electrons. The normalized spacial score (nSPS) is 18.1. The van der Waals surface area contributed by atoms with Crippen LogP contribution in [0.3, 0.4) is 0 Å². The third-order valence-corrected chi connectivity index (χ3v) is 5.88. The molecule has 0 saturated carbocycles. The molecule has 1 amide bonds. The average molecular weight is 446 g/mol. The van der Waals surface area contributed by atoms with Gasteiger partial charge in [0.2, 0.25) is 0 Å². The van der Waals surface area contributed by atoms with Gasteiger partial charge in [0.15, 0.2) is 0 Å². The van der Waals surface area contributed by atoms with Crippen LogP contribution in [0.5, 0.6) is 5.75 Å². The van der Waals surface area contributed by atoms with Crippen LogP contribution in [0.1, 0.15) is 49.3 Å². The van der Waals surface area contributed by atoms with Crippen LogP contribution in [0, 0.1) is 0 Å². The maximum absolute atomic E-state index is 13.2. The van der Waals surface area contributed by atoms with E-state index in [9.17, 15) is 14.7 Å².